The second kappa shape index (κ2) is 6.58. The van der Waals surface area contributed by atoms with E-state index in [0.717, 1.165) is 0 Å². The molecule has 102 valence electrons. The lowest BCUT2D eigenvalue weighted by atomic mass is 10.3. The first-order valence-electron chi connectivity index (χ1n) is 5.65. The molecule has 0 aliphatic rings. The Morgan fingerprint density at radius 3 is 2.58 bits per heavy atom. The zero-order valence-electron chi connectivity index (χ0n) is 9.98. The van der Waals surface area contributed by atoms with Crippen molar-refractivity contribution < 1.29 is 18.3 Å². The van der Waals surface area contributed by atoms with E-state index < -0.39 is 5.76 Å². The van der Waals surface area contributed by atoms with Gasteiger partial charge in [0.25, 0.3) is 5.76 Å². The molecule has 0 saturated heterocycles. The standard InChI is InChI=1S/C13H13F2NO2S/c14-13(15)19-12-4-2-1-3-11(12)16-7-9-5-6-10(8-17)18-9/h1-6,13,16-17H,7-8H2. The number of benzene rings is 1. The molecule has 1 heterocycles. The van der Waals surface area contributed by atoms with E-state index >= 15 is 0 Å². The number of rotatable bonds is 6. The molecule has 0 spiro atoms. The van der Waals surface area contributed by atoms with Crippen molar-refractivity contribution in [2.45, 2.75) is 23.8 Å². The number of nitrogens with one attached hydrogen (secondary N) is 1. The Hall–Kier alpha value is -1.53. The van der Waals surface area contributed by atoms with E-state index in [-0.39, 0.29) is 6.61 Å². The van der Waals surface area contributed by atoms with E-state index in [4.69, 9.17) is 9.52 Å². The summed E-state index contributed by atoms with van der Waals surface area (Å²) in [5, 5.41) is 11.9. The van der Waals surface area contributed by atoms with Gasteiger partial charge in [0, 0.05) is 10.6 Å². The van der Waals surface area contributed by atoms with Crippen molar-refractivity contribution in [3.8, 4) is 0 Å². The molecule has 2 rings (SSSR count). The first-order valence-corrected chi connectivity index (χ1v) is 6.53. The minimum absolute atomic E-state index is 0.155. The summed E-state index contributed by atoms with van der Waals surface area (Å²) in [5.41, 5.74) is 0.634. The zero-order chi connectivity index (χ0) is 13.7. The maximum Gasteiger partial charge on any atom is 0.288 e. The van der Waals surface area contributed by atoms with Crippen LogP contribution < -0.4 is 5.32 Å². The van der Waals surface area contributed by atoms with Gasteiger partial charge in [-0.2, -0.15) is 8.78 Å². The minimum atomic E-state index is -2.45. The largest absolute Gasteiger partial charge is 0.462 e. The monoisotopic (exact) mass is 285 g/mol. The fourth-order valence-corrected chi connectivity index (χ4v) is 2.21. The number of halogens is 2. The summed E-state index contributed by atoms with van der Waals surface area (Å²) in [6, 6.07) is 10.3. The summed E-state index contributed by atoms with van der Waals surface area (Å²) < 4.78 is 30.1. The molecule has 6 heteroatoms. The van der Waals surface area contributed by atoms with Gasteiger partial charge in [-0.25, -0.2) is 0 Å². The number of hydrogen-bond donors (Lipinski definition) is 2. The Kier molecular flexibility index (Phi) is 4.81. The van der Waals surface area contributed by atoms with Crippen LogP contribution in [0.4, 0.5) is 14.5 Å². The number of thioether (sulfide) groups is 1. The number of aliphatic hydroxyl groups is 1. The smallest absolute Gasteiger partial charge is 0.288 e. The molecule has 0 bridgehead atoms. The van der Waals surface area contributed by atoms with Crippen LogP contribution in [0.15, 0.2) is 45.7 Å². The normalized spacial score (nSPS) is 10.9. The van der Waals surface area contributed by atoms with Crippen LogP contribution >= 0.6 is 11.8 Å². The average molecular weight is 285 g/mol. The predicted molar refractivity (Wildman–Crippen MR) is 70.3 cm³/mol. The van der Waals surface area contributed by atoms with Gasteiger partial charge in [-0.3, -0.25) is 0 Å². The Labute approximate surface area is 113 Å². The van der Waals surface area contributed by atoms with E-state index in [1.54, 1.807) is 36.4 Å². The van der Waals surface area contributed by atoms with Crippen LogP contribution in [0.1, 0.15) is 11.5 Å². The van der Waals surface area contributed by atoms with Crippen LogP contribution in [-0.4, -0.2) is 10.9 Å². The molecular weight excluding hydrogens is 272 g/mol. The third kappa shape index (κ3) is 3.97. The fourth-order valence-electron chi connectivity index (χ4n) is 1.60. The second-order valence-electron chi connectivity index (χ2n) is 3.75. The van der Waals surface area contributed by atoms with Crippen molar-refractivity contribution in [1.82, 2.24) is 0 Å². The summed E-state index contributed by atoms with van der Waals surface area (Å²) in [4.78, 5) is 0.492. The van der Waals surface area contributed by atoms with Crippen molar-refractivity contribution >= 4 is 17.4 Å². The molecule has 0 atom stereocenters. The van der Waals surface area contributed by atoms with Crippen molar-refractivity contribution in [2.24, 2.45) is 0 Å². The van der Waals surface area contributed by atoms with Gasteiger partial charge in [0.05, 0.1) is 6.54 Å². The summed E-state index contributed by atoms with van der Waals surface area (Å²) >= 11 is 0.503. The Balaban J connectivity index is 2.02. The summed E-state index contributed by atoms with van der Waals surface area (Å²) in [5.74, 6) is -1.33. The van der Waals surface area contributed by atoms with Gasteiger partial charge in [0.15, 0.2) is 0 Å². The lowest BCUT2D eigenvalue weighted by molar-refractivity contribution is 0.244. The summed E-state index contributed by atoms with van der Waals surface area (Å²) in [7, 11) is 0. The SMILES string of the molecule is OCc1ccc(CNc2ccccc2SC(F)F)o1. The van der Waals surface area contributed by atoms with Gasteiger partial charge in [-0.05, 0) is 24.3 Å². The third-order valence-corrected chi connectivity index (χ3v) is 3.22. The van der Waals surface area contributed by atoms with Gasteiger partial charge in [-0.15, -0.1) is 0 Å². The van der Waals surface area contributed by atoms with E-state index in [9.17, 15) is 8.78 Å². The lowest BCUT2D eigenvalue weighted by Crippen LogP contribution is -2.00. The number of para-hydroxylation sites is 1. The molecule has 3 nitrogen and oxygen atoms in total. The number of anilines is 1. The molecule has 0 saturated carbocycles. The molecule has 2 N–H and O–H groups in total. The molecule has 19 heavy (non-hydrogen) atoms. The van der Waals surface area contributed by atoms with E-state index in [0.29, 0.717) is 40.4 Å². The highest BCUT2D eigenvalue weighted by Crippen LogP contribution is 2.31. The minimum Gasteiger partial charge on any atom is -0.462 e. The van der Waals surface area contributed by atoms with Crippen molar-refractivity contribution in [3.05, 3.63) is 47.9 Å². The van der Waals surface area contributed by atoms with Crippen LogP contribution in [0.2, 0.25) is 0 Å². The Morgan fingerprint density at radius 2 is 1.89 bits per heavy atom. The van der Waals surface area contributed by atoms with Gasteiger partial charge >= 0.3 is 0 Å². The maximum atomic E-state index is 12.4. The highest BCUT2D eigenvalue weighted by molar-refractivity contribution is 7.99. The molecule has 0 fully saturated rings. The highest BCUT2D eigenvalue weighted by Gasteiger charge is 2.09. The maximum absolute atomic E-state index is 12.4. The first kappa shape index (κ1) is 13.9. The zero-order valence-corrected chi connectivity index (χ0v) is 10.8. The van der Waals surface area contributed by atoms with E-state index in [2.05, 4.69) is 5.32 Å². The summed E-state index contributed by atoms with van der Waals surface area (Å²) in [6.07, 6.45) is 0. The molecular formula is C13H13F2NO2S. The number of furan rings is 1. The highest BCUT2D eigenvalue weighted by atomic mass is 32.2. The molecule has 0 radical (unpaired) electrons. The van der Waals surface area contributed by atoms with E-state index in [1.165, 1.54) is 0 Å². The second-order valence-corrected chi connectivity index (χ2v) is 4.79. The number of alkyl halides is 2. The molecule has 1 aromatic carbocycles. The number of aliphatic hydroxyl groups excluding tert-OH is 1. The topological polar surface area (TPSA) is 45.4 Å². The van der Waals surface area contributed by atoms with Gasteiger partial charge < -0.3 is 14.8 Å². The molecule has 1 aromatic heterocycles. The van der Waals surface area contributed by atoms with Crippen molar-refractivity contribution in [2.75, 3.05) is 5.32 Å². The van der Waals surface area contributed by atoms with Gasteiger partial charge in [0.1, 0.15) is 18.1 Å². The fraction of sp³-hybridized carbons (Fsp3) is 0.231. The van der Waals surface area contributed by atoms with Crippen LogP contribution in [-0.2, 0) is 13.2 Å². The predicted octanol–water partition coefficient (Wildman–Crippen LogP) is 3.70. The third-order valence-electron chi connectivity index (χ3n) is 2.43. The molecule has 0 aliphatic carbocycles. The van der Waals surface area contributed by atoms with Crippen LogP contribution in [0.25, 0.3) is 0 Å². The quantitative estimate of drug-likeness (QED) is 0.794. The number of hydrogen-bond acceptors (Lipinski definition) is 4. The first-order chi connectivity index (χ1) is 9.19. The van der Waals surface area contributed by atoms with Crippen LogP contribution in [0.3, 0.4) is 0 Å². The average Bonchev–Trinajstić information content (AvgIpc) is 2.85. The van der Waals surface area contributed by atoms with Crippen molar-refractivity contribution in [3.63, 3.8) is 0 Å². The lowest BCUT2D eigenvalue weighted by Gasteiger charge is -2.10. The van der Waals surface area contributed by atoms with Crippen molar-refractivity contribution in [1.29, 1.82) is 0 Å². The van der Waals surface area contributed by atoms with Gasteiger partial charge in [0.2, 0.25) is 0 Å². The Morgan fingerprint density at radius 1 is 1.16 bits per heavy atom. The molecule has 0 amide bonds. The van der Waals surface area contributed by atoms with Gasteiger partial charge in [-0.1, -0.05) is 23.9 Å². The van der Waals surface area contributed by atoms with E-state index in [1.807, 2.05) is 0 Å². The molecule has 0 unspecified atom stereocenters. The molecule has 2 aromatic rings. The summed E-state index contributed by atoms with van der Waals surface area (Å²) in [6.45, 7) is 0.221. The molecule has 0 aliphatic heterocycles. The Bertz CT molecular complexity index is 531. The van der Waals surface area contributed by atoms with Crippen LogP contribution in [0.5, 0.6) is 0 Å². The van der Waals surface area contributed by atoms with Crippen LogP contribution in [0, 0.1) is 0 Å².